The number of rotatable bonds is 1. The van der Waals surface area contributed by atoms with Crippen molar-refractivity contribution in [2.75, 3.05) is 17.2 Å². The van der Waals surface area contributed by atoms with Crippen molar-refractivity contribution in [1.82, 2.24) is 0 Å². The lowest BCUT2D eigenvalue weighted by molar-refractivity contribution is 0.485. The molecule has 1 saturated heterocycles. The fourth-order valence-electron chi connectivity index (χ4n) is 2.39. The molecule has 0 radical (unpaired) electrons. The summed E-state index contributed by atoms with van der Waals surface area (Å²) in [5, 5.41) is 0. The standard InChI is InChI=1S/C13H20N2/c1-10-6-7-13(12(14)9-10)15-8-4-3-5-11(15)2/h6-7,9,11H,3-5,8,14H2,1-2H3/t11-/m1/s1. The van der Waals surface area contributed by atoms with Crippen molar-refractivity contribution >= 4 is 11.4 Å². The molecule has 1 aliphatic heterocycles. The molecule has 1 atom stereocenters. The molecule has 2 rings (SSSR count). The number of benzene rings is 1. The number of nitrogen functional groups attached to an aromatic ring is 1. The quantitative estimate of drug-likeness (QED) is 0.713. The number of nitrogens with two attached hydrogens (primary N) is 1. The van der Waals surface area contributed by atoms with E-state index in [1.165, 1.54) is 30.5 Å². The predicted octanol–water partition coefficient (Wildman–Crippen LogP) is 2.96. The van der Waals surface area contributed by atoms with Crippen molar-refractivity contribution in [2.24, 2.45) is 0 Å². The molecule has 0 unspecified atom stereocenters. The Morgan fingerprint density at radius 3 is 2.80 bits per heavy atom. The first-order chi connectivity index (χ1) is 7.18. The Hall–Kier alpha value is -1.18. The van der Waals surface area contributed by atoms with Gasteiger partial charge in [0.15, 0.2) is 0 Å². The molecule has 0 spiro atoms. The molecule has 1 aromatic carbocycles. The van der Waals surface area contributed by atoms with Crippen LogP contribution in [0.4, 0.5) is 11.4 Å². The molecular weight excluding hydrogens is 184 g/mol. The van der Waals surface area contributed by atoms with Crippen LogP contribution in [0.5, 0.6) is 0 Å². The van der Waals surface area contributed by atoms with E-state index in [0.717, 1.165) is 12.2 Å². The number of hydrogen-bond donors (Lipinski definition) is 1. The lowest BCUT2D eigenvalue weighted by atomic mass is 10.0. The van der Waals surface area contributed by atoms with E-state index in [-0.39, 0.29) is 0 Å². The van der Waals surface area contributed by atoms with Gasteiger partial charge in [-0.05, 0) is 50.8 Å². The molecule has 82 valence electrons. The summed E-state index contributed by atoms with van der Waals surface area (Å²) in [4.78, 5) is 2.44. The minimum absolute atomic E-state index is 0.628. The molecule has 0 aromatic heterocycles. The van der Waals surface area contributed by atoms with Crippen LogP contribution in [0.15, 0.2) is 18.2 Å². The van der Waals surface area contributed by atoms with Crippen LogP contribution in [0.25, 0.3) is 0 Å². The van der Waals surface area contributed by atoms with E-state index in [1.807, 2.05) is 0 Å². The minimum atomic E-state index is 0.628. The van der Waals surface area contributed by atoms with Crippen LogP contribution in [0.3, 0.4) is 0 Å². The molecule has 2 heteroatoms. The van der Waals surface area contributed by atoms with Crippen LogP contribution in [-0.4, -0.2) is 12.6 Å². The molecule has 0 aliphatic carbocycles. The van der Waals surface area contributed by atoms with Gasteiger partial charge in [-0.1, -0.05) is 6.07 Å². The summed E-state index contributed by atoms with van der Waals surface area (Å²) in [5.41, 5.74) is 9.45. The second kappa shape index (κ2) is 4.13. The average molecular weight is 204 g/mol. The summed E-state index contributed by atoms with van der Waals surface area (Å²) in [6, 6.07) is 7.00. The molecule has 1 aliphatic rings. The Balaban J connectivity index is 2.27. The van der Waals surface area contributed by atoms with Gasteiger partial charge in [0.2, 0.25) is 0 Å². The van der Waals surface area contributed by atoms with Crippen molar-refractivity contribution < 1.29 is 0 Å². The van der Waals surface area contributed by atoms with Gasteiger partial charge in [0, 0.05) is 12.6 Å². The second-order valence-corrected chi connectivity index (χ2v) is 4.60. The summed E-state index contributed by atoms with van der Waals surface area (Å²) in [5.74, 6) is 0. The minimum Gasteiger partial charge on any atom is -0.397 e. The highest BCUT2D eigenvalue weighted by Crippen LogP contribution is 2.29. The zero-order valence-electron chi connectivity index (χ0n) is 9.66. The average Bonchev–Trinajstić information content (AvgIpc) is 2.20. The summed E-state index contributed by atoms with van der Waals surface area (Å²) >= 11 is 0. The maximum atomic E-state index is 6.07. The van der Waals surface area contributed by atoms with E-state index < -0.39 is 0 Å². The van der Waals surface area contributed by atoms with Crippen LogP contribution >= 0.6 is 0 Å². The first-order valence-corrected chi connectivity index (χ1v) is 5.81. The summed E-state index contributed by atoms with van der Waals surface area (Å²) < 4.78 is 0. The smallest absolute Gasteiger partial charge is 0.0602 e. The van der Waals surface area contributed by atoms with E-state index in [9.17, 15) is 0 Å². The Labute approximate surface area is 92.1 Å². The molecule has 15 heavy (non-hydrogen) atoms. The van der Waals surface area contributed by atoms with Crippen LogP contribution in [0, 0.1) is 6.92 Å². The van der Waals surface area contributed by atoms with E-state index in [0.29, 0.717) is 6.04 Å². The first-order valence-electron chi connectivity index (χ1n) is 5.81. The van der Waals surface area contributed by atoms with Gasteiger partial charge in [0.05, 0.1) is 11.4 Å². The number of aryl methyl sites for hydroxylation is 1. The summed E-state index contributed by atoms with van der Waals surface area (Å²) in [6.07, 6.45) is 3.93. The highest BCUT2D eigenvalue weighted by molar-refractivity contribution is 5.68. The number of nitrogens with zero attached hydrogens (tertiary/aromatic N) is 1. The largest absolute Gasteiger partial charge is 0.397 e. The third-order valence-electron chi connectivity index (χ3n) is 3.30. The Morgan fingerprint density at radius 1 is 1.33 bits per heavy atom. The molecule has 0 amide bonds. The molecule has 2 nitrogen and oxygen atoms in total. The summed E-state index contributed by atoms with van der Waals surface area (Å²) in [6.45, 7) is 5.52. The van der Waals surface area contributed by atoms with Gasteiger partial charge >= 0.3 is 0 Å². The van der Waals surface area contributed by atoms with E-state index in [4.69, 9.17) is 5.73 Å². The first kappa shape index (κ1) is 10.3. The van der Waals surface area contributed by atoms with Crippen molar-refractivity contribution in [2.45, 2.75) is 39.2 Å². The molecule has 1 aromatic rings. The predicted molar refractivity (Wildman–Crippen MR) is 66.3 cm³/mol. The van der Waals surface area contributed by atoms with Crippen LogP contribution in [0.2, 0.25) is 0 Å². The lowest BCUT2D eigenvalue weighted by Gasteiger charge is -2.36. The lowest BCUT2D eigenvalue weighted by Crippen LogP contribution is -2.37. The zero-order valence-corrected chi connectivity index (χ0v) is 9.66. The van der Waals surface area contributed by atoms with Gasteiger partial charge in [-0.3, -0.25) is 0 Å². The van der Waals surface area contributed by atoms with Gasteiger partial charge in [-0.25, -0.2) is 0 Å². The van der Waals surface area contributed by atoms with Gasteiger partial charge in [0.25, 0.3) is 0 Å². The molecular formula is C13H20N2. The summed E-state index contributed by atoms with van der Waals surface area (Å²) in [7, 11) is 0. The Kier molecular flexibility index (Phi) is 2.85. The third-order valence-corrected chi connectivity index (χ3v) is 3.30. The van der Waals surface area contributed by atoms with E-state index in [2.05, 4.69) is 36.9 Å². The number of piperidine rings is 1. The van der Waals surface area contributed by atoms with Gasteiger partial charge in [-0.2, -0.15) is 0 Å². The third kappa shape index (κ3) is 2.09. The van der Waals surface area contributed by atoms with Crippen molar-refractivity contribution in [3.63, 3.8) is 0 Å². The normalized spacial score (nSPS) is 21.7. The molecule has 2 N–H and O–H groups in total. The maximum Gasteiger partial charge on any atom is 0.0602 e. The topological polar surface area (TPSA) is 29.3 Å². The van der Waals surface area contributed by atoms with E-state index in [1.54, 1.807) is 0 Å². The van der Waals surface area contributed by atoms with Crippen LogP contribution in [0.1, 0.15) is 31.7 Å². The van der Waals surface area contributed by atoms with E-state index >= 15 is 0 Å². The van der Waals surface area contributed by atoms with Crippen molar-refractivity contribution in [1.29, 1.82) is 0 Å². The van der Waals surface area contributed by atoms with Gasteiger partial charge in [0.1, 0.15) is 0 Å². The SMILES string of the molecule is Cc1ccc(N2CCCC[C@H]2C)c(N)c1. The number of anilines is 2. The fourth-order valence-corrected chi connectivity index (χ4v) is 2.39. The monoisotopic (exact) mass is 204 g/mol. The molecule has 0 saturated carbocycles. The number of hydrogen-bond acceptors (Lipinski definition) is 2. The van der Waals surface area contributed by atoms with Crippen LogP contribution < -0.4 is 10.6 Å². The molecule has 0 bridgehead atoms. The highest BCUT2D eigenvalue weighted by atomic mass is 15.2. The zero-order chi connectivity index (χ0) is 10.8. The van der Waals surface area contributed by atoms with Crippen LogP contribution in [-0.2, 0) is 0 Å². The van der Waals surface area contributed by atoms with Gasteiger partial charge < -0.3 is 10.6 Å². The highest BCUT2D eigenvalue weighted by Gasteiger charge is 2.19. The Bertz CT molecular complexity index is 346. The maximum absolute atomic E-state index is 6.07. The van der Waals surface area contributed by atoms with Gasteiger partial charge in [-0.15, -0.1) is 0 Å². The Morgan fingerprint density at radius 2 is 2.13 bits per heavy atom. The van der Waals surface area contributed by atoms with Crippen molar-refractivity contribution in [3.8, 4) is 0 Å². The fraction of sp³-hybridized carbons (Fsp3) is 0.538. The second-order valence-electron chi connectivity index (χ2n) is 4.60. The van der Waals surface area contributed by atoms with Crippen molar-refractivity contribution in [3.05, 3.63) is 23.8 Å². The molecule has 1 fully saturated rings. The molecule has 1 heterocycles.